The summed E-state index contributed by atoms with van der Waals surface area (Å²) >= 11 is 4.88. The summed E-state index contributed by atoms with van der Waals surface area (Å²) in [5, 5.41) is 5.42. The van der Waals surface area contributed by atoms with Crippen molar-refractivity contribution in [3.05, 3.63) is 0 Å². The van der Waals surface area contributed by atoms with Gasteiger partial charge in [0.1, 0.15) is 5.41 Å². The number of unbranched alkanes of at least 4 members (excludes halogenated alkanes) is 1. The third kappa shape index (κ3) is 1.85. The summed E-state index contributed by atoms with van der Waals surface area (Å²) in [5.41, 5.74) is -0.891. The highest BCUT2D eigenvalue weighted by Crippen LogP contribution is 2.51. The summed E-state index contributed by atoms with van der Waals surface area (Å²) in [4.78, 5) is 24.7. The largest absolute Gasteiger partial charge is 0.302 e. The maximum absolute atomic E-state index is 12.4. The van der Waals surface area contributed by atoms with Gasteiger partial charge >= 0.3 is 0 Å². The number of amides is 2. The molecule has 4 nitrogen and oxygen atoms in total. The normalized spacial score (nSPS) is 30.4. The molecule has 1 heterocycles. The van der Waals surface area contributed by atoms with Crippen LogP contribution in [0, 0.1) is 17.3 Å². The number of hydrogen-bond acceptors (Lipinski definition) is 3. The zero-order valence-corrected chi connectivity index (χ0v) is 11.7. The van der Waals surface area contributed by atoms with Crippen LogP contribution in [0.25, 0.3) is 0 Å². The summed E-state index contributed by atoms with van der Waals surface area (Å²) in [6.45, 7) is 4.13. The van der Waals surface area contributed by atoms with E-state index < -0.39 is 5.41 Å². The van der Waals surface area contributed by atoms with E-state index in [4.69, 9.17) is 12.2 Å². The zero-order chi connectivity index (χ0) is 13.3. The van der Waals surface area contributed by atoms with Gasteiger partial charge in [-0.1, -0.05) is 26.7 Å². The standard InChI is InChI=1S/C13H20N2O2S/c1-3-4-5-9-7-6-8(2)13(9)10(16)14-12(18)15-11(13)17/h8-9H,3-7H2,1-2H3,(H2,14,15,16,17,18). The summed E-state index contributed by atoms with van der Waals surface area (Å²) in [6.07, 6.45) is 4.97. The van der Waals surface area contributed by atoms with E-state index >= 15 is 0 Å². The molecule has 5 heteroatoms. The molecule has 2 unspecified atom stereocenters. The van der Waals surface area contributed by atoms with Crippen molar-refractivity contribution in [3.63, 3.8) is 0 Å². The Kier molecular flexibility index (Phi) is 3.71. The molecule has 1 aliphatic carbocycles. The van der Waals surface area contributed by atoms with Crippen molar-refractivity contribution >= 4 is 29.1 Å². The van der Waals surface area contributed by atoms with Crippen molar-refractivity contribution in [2.24, 2.45) is 17.3 Å². The van der Waals surface area contributed by atoms with Crippen LogP contribution in [0.3, 0.4) is 0 Å². The van der Waals surface area contributed by atoms with Gasteiger partial charge in [0.15, 0.2) is 5.11 Å². The first-order chi connectivity index (χ1) is 8.53. The number of nitrogens with one attached hydrogen (secondary N) is 2. The average molecular weight is 268 g/mol. The van der Waals surface area contributed by atoms with Crippen molar-refractivity contribution in [2.75, 3.05) is 0 Å². The smallest absolute Gasteiger partial charge is 0.242 e. The maximum atomic E-state index is 12.4. The van der Waals surface area contributed by atoms with Crippen molar-refractivity contribution in [3.8, 4) is 0 Å². The summed E-state index contributed by atoms with van der Waals surface area (Å²) in [7, 11) is 0. The molecule has 2 N–H and O–H groups in total. The van der Waals surface area contributed by atoms with Gasteiger partial charge in [-0.2, -0.15) is 0 Å². The molecule has 1 saturated heterocycles. The van der Waals surface area contributed by atoms with E-state index in [-0.39, 0.29) is 28.8 Å². The molecule has 2 fully saturated rings. The zero-order valence-electron chi connectivity index (χ0n) is 10.9. The fourth-order valence-electron chi connectivity index (χ4n) is 3.50. The second-order valence-electron chi connectivity index (χ2n) is 5.42. The first-order valence-electron chi connectivity index (χ1n) is 6.70. The van der Waals surface area contributed by atoms with E-state index in [0.717, 1.165) is 32.1 Å². The van der Waals surface area contributed by atoms with Crippen LogP contribution in [-0.4, -0.2) is 16.9 Å². The van der Waals surface area contributed by atoms with Gasteiger partial charge in [-0.3, -0.25) is 9.59 Å². The lowest BCUT2D eigenvalue weighted by atomic mass is 9.68. The van der Waals surface area contributed by atoms with Crippen LogP contribution >= 0.6 is 12.2 Å². The molecule has 0 aromatic heterocycles. The minimum atomic E-state index is -0.891. The van der Waals surface area contributed by atoms with Gasteiger partial charge in [0.25, 0.3) is 0 Å². The molecule has 2 amide bonds. The van der Waals surface area contributed by atoms with E-state index in [0.29, 0.717) is 0 Å². The van der Waals surface area contributed by atoms with Crippen molar-refractivity contribution in [1.82, 2.24) is 10.6 Å². The highest BCUT2D eigenvalue weighted by molar-refractivity contribution is 7.80. The average Bonchev–Trinajstić information content (AvgIpc) is 2.62. The first-order valence-corrected chi connectivity index (χ1v) is 7.11. The summed E-state index contributed by atoms with van der Waals surface area (Å²) in [6, 6.07) is 0. The van der Waals surface area contributed by atoms with Crippen LogP contribution in [0.15, 0.2) is 0 Å². The molecule has 0 aromatic rings. The van der Waals surface area contributed by atoms with Gasteiger partial charge in [-0.05, 0) is 43.3 Å². The Bertz CT molecular complexity index is 374. The molecule has 1 saturated carbocycles. The van der Waals surface area contributed by atoms with Gasteiger partial charge < -0.3 is 10.6 Å². The molecule has 18 heavy (non-hydrogen) atoms. The Hall–Kier alpha value is -0.970. The molecule has 1 aliphatic heterocycles. The first kappa shape index (κ1) is 13.5. The topological polar surface area (TPSA) is 58.2 Å². The molecule has 0 bridgehead atoms. The lowest BCUT2D eigenvalue weighted by Gasteiger charge is -2.39. The third-order valence-corrected chi connectivity index (χ3v) is 4.69. The molecule has 1 spiro atoms. The highest BCUT2D eigenvalue weighted by Gasteiger charge is 2.60. The van der Waals surface area contributed by atoms with Crippen LogP contribution in [0.4, 0.5) is 0 Å². The predicted molar refractivity (Wildman–Crippen MR) is 72.7 cm³/mol. The molecule has 2 rings (SSSR count). The van der Waals surface area contributed by atoms with Crippen LogP contribution in [0.2, 0.25) is 0 Å². The van der Waals surface area contributed by atoms with E-state index in [2.05, 4.69) is 17.6 Å². The third-order valence-electron chi connectivity index (χ3n) is 4.48. The van der Waals surface area contributed by atoms with Gasteiger partial charge in [-0.15, -0.1) is 0 Å². The second-order valence-corrected chi connectivity index (χ2v) is 5.83. The Balaban J connectivity index is 2.31. The monoisotopic (exact) mass is 268 g/mol. The van der Waals surface area contributed by atoms with E-state index in [1.807, 2.05) is 6.92 Å². The Morgan fingerprint density at radius 3 is 2.44 bits per heavy atom. The van der Waals surface area contributed by atoms with Gasteiger partial charge in [0, 0.05) is 0 Å². The summed E-state index contributed by atoms with van der Waals surface area (Å²) < 4.78 is 0. The van der Waals surface area contributed by atoms with Crippen LogP contribution < -0.4 is 10.6 Å². The Labute approximate surface area is 113 Å². The van der Waals surface area contributed by atoms with E-state index in [9.17, 15) is 9.59 Å². The van der Waals surface area contributed by atoms with Crippen molar-refractivity contribution < 1.29 is 9.59 Å². The number of carbonyl (C=O) groups is 2. The van der Waals surface area contributed by atoms with Crippen LogP contribution in [0.5, 0.6) is 0 Å². The molecular weight excluding hydrogens is 248 g/mol. The number of thiocarbonyl (C=S) groups is 1. The lowest BCUT2D eigenvalue weighted by Crippen LogP contribution is -2.65. The second kappa shape index (κ2) is 4.96. The Morgan fingerprint density at radius 1 is 1.28 bits per heavy atom. The highest BCUT2D eigenvalue weighted by atomic mass is 32.1. The van der Waals surface area contributed by atoms with Gasteiger partial charge in [0.2, 0.25) is 11.8 Å². The number of hydrogen-bond donors (Lipinski definition) is 2. The van der Waals surface area contributed by atoms with Crippen LogP contribution in [-0.2, 0) is 9.59 Å². The number of rotatable bonds is 3. The minimum Gasteiger partial charge on any atom is -0.302 e. The molecule has 0 aromatic carbocycles. The van der Waals surface area contributed by atoms with Crippen LogP contribution in [0.1, 0.15) is 46.0 Å². The van der Waals surface area contributed by atoms with Crippen molar-refractivity contribution in [1.29, 1.82) is 0 Å². The molecule has 2 aliphatic rings. The fraction of sp³-hybridized carbons (Fsp3) is 0.769. The Morgan fingerprint density at radius 2 is 1.89 bits per heavy atom. The van der Waals surface area contributed by atoms with Gasteiger partial charge in [0.05, 0.1) is 0 Å². The predicted octanol–water partition coefficient (Wildman–Crippen LogP) is 1.74. The van der Waals surface area contributed by atoms with Gasteiger partial charge in [-0.25, -0.2) is 0 Å². The molecule has 100 valence electrons. The maximum Gasteiger partial charge on any atom is 0.242 e. The minimum absolute atomic E-state index is 0.0856. The van der Waals surface area contributed by atoms with E-state index in [1.165, 1.54) is 0 Å². The molecule has 0 radical (unpaired) electrons. The quantitative estimate of drug-likeness (QED) is 0.605. The SMILES string of the molecule is CCCCC1CCC(C)C12C(=O)NC(=S)NC2=O. The summed E-state index contributed by atoms with van der Waals surface area (Å²) in [5.74, 6) is -0.150. The fourth-order valence-corrected chi connectivity index (χ4v) is 3.68. The molecule has 2 atom stereocenters. The number of carbonyl (C=O) groups excluding carboxylic acids is 2. The lowest BCUT2D eigenvalue weighted by molar-refractivity contribution is -0.149. The van der Waals surface area contributed by atoms with E-state index in [1.54, 1.807) is 0 Å². The molecular formula is C13H20N2O2S. The van der Waals surface area contributed by atoms with Crippen molar-refractivity contribution in [2.45, 2.75) is 46.0 Å².